The molecule has 0 aliphatic heterocycles. The minimum absolute atomic E-state index is 0.0314. The molecule has 0 bridgehead atoms. The number of hydrogen-bond acceptors (Lipinski definition) is 0. The lowest BCUT2D eigenvalue weighted by Gasteiger charge is -2.18. The lowest BCUT2D eigenvalue weighted by molar-refractivity contribution is 0.612. The van der Waals surface area contributed by atoms with Gasteiger partial charge in [-0.2, -0.15) is 0 Å². The van der Waals surface area contributed by atoms with Crippen molar-refractivity contribution in [3.8, 4) is 0 Å². The largest absolute Gasteiger partial charge is 0.207 e. The van der Waals surface area contributed by atoms with Gasteiger partial charge in [0.25, 0.3) is 0 Å². The first-order chi connectivity index (χ1) is 9.20. The molecule has 0 aromatic heterocycles. The van der Waals surface area contributed by atoms with Crippen molar-refractivity contribution >= 4 is 15.9 Å². The Morgan fingerprint density at radius 2 is 1.42 bits per heavy atom. The summed E-state index contributed by atoms with van der Waals surface area (Å²) in [5.74, 6) is -0.473. The van der Waals surface area contributed by atoms with Crippen LogP contribution in [0, 0.1) is 11.6 Å². The summed E-state index contributed by atoms with van der Waals surface area (Å²) in [7, 11) is 0. The topological polar surface area (TPSA) is 0 Å². The first-order valence-electron chi connectivity index (χ1n) is 6.27. The third-order valence-corrected chi connectivity index (χ3v) is 3.69. The van der Waals surface area contributed by atoms with Crippen LogP contribution in [0.5, 0.6) is 0 Å². The summed E-state index contributed by atoms with van der Waals surface area (Å²) >= 11 is 3.40. The highest BCUT2D eigenvalue weighted by atomic mass is 79.9. The highest BCUT2D eigenvalue weighted by Crippen LogP contribution is 2.30. The van der Waals surface area contributed by atoms with Crippen molar-refractivity contribution < 1.29 is 8.78 Å². The van der Waals surface area contributed by atoms with E-state index in [0.29, 0.717) is 0 Å². The molecule has 0 N–H and O–H groups in total. The second kappa shape index (κ2) is 6.80. The van der Waals surface area contributed by atoms with Gasteiger partial charge < -0.3 is 0 Å². The van der Waals surface area contributed by atoms with Crippen molar-refractivity contribution in [2.75, 3.05) is 5.33 Å². The molecule has 0 unspecified atom stereocenters. The Hall–Kier alpha value is -1.22. The van der Waals surface area contributed by atoms with Gasteiger partial charge in [-0.05, 0) is 48.2 Å². The molecule has 0 spiro atoms. The van der Waals surface area contributed by atoms with Crippen molar-refractivity contribution in [1.29, 1.82) is 0 Å². The average Bonchev–Trinajstić information content (AvgIpc) is 2.39. The molecule has 100 valence electrons. The first kappa shape index (κ1) is 14.2. The molecule has 0 fully saturated rings. The smallest absolute Gasteiger partial charge is 0.123 e. The summed E-state index contributed by atoms with van der Waals surface area (Å²) in [4.78, 5) is 0. The van der Waals surface area contributed by atoms with Gasteiger partial charge in [0.15, 0.2) is 0 Å². The molecular formula is C16H15BrF2. The zero-order valence-corrected chi connectivity index (χ0v) is 12.0. The quantitative estimate of drug-likeness (QED) is 0.657. The van der Waals surface area contributed by atoms with Crippen LogP contribution in [-0.2, 0) is 0 Å². The summed E-state index contributed by atoms with van der Waals surface area (Å²) < 4.78 is 26.7. The van der Waals surface area contributed by atoms with Crippen LogP contribution in [0.2, 0.25) is 0 Å². The molecule has 19 heavy (non-hydrogen) atoms. The third kappa shape index (κ3) is 3.87. The summed E-state index contributed by atoms with van der Waals surface area (Å²) in [5, 5.41) is 0.883. The maximum absolute atomic E-state index is 13.4. The summed E-state index contributed by atoms with van der Waals surface area (Å²) in [5.41, 5.74) is 1.79. The molecular weight excluding hydrogens is 310 g/mol. The molecule has 0 aliphatic rings. The molecule has 0 saturated heterocycles. The number of halogens is 3. The second-order valence-corrected chi connectivity index (χ2v) is 5.29. The van der Waals surface area contributed by atoms with E-state index in [4.69, 9.17) is 0 Å². The van der Waals surface area contributed by atoms with Gasteiger partial charge in [0, 0.05) is 11.2 Å². The molecule has 2 aromatic rings. The summed E-state index contributed by atoms with van der Waals surface area (Å²) in [6.45, 7) is 0. The van der Waals surface area contributed by atoms with Crippen LogP contribution in [0.3, 0.4) is 0 Å². The Morgan fingerprint density at radius 1 is 0.895 bits per heavy atom. The van der Waals surface area contributed by atoms with Crippen LogP contribution in [-0.4, -0.2) is 5.33 Å². The molecule has 0 nitrogen and oxygen atoms in total. The zero-order chi connectivity index (χ0) is 13.7. The van der Waals surface area contributed by atoms with Gasteiger partial charge in [-0.3, -0.25) is 0 Å². The summed E-state index contributed by atoms with van der Waals surface area (Å²) in [6.07, 6.45) is 1.82. The molecule has 2 aromatic carbocycles. The number of benzene rings is 2. The van der Waals surface area contributed by atoms with Crippen LogP contribution in [0.1, 0.15) is 29.9 Å². The first-order valence-corrected chi connectivity index (χ1v) is 7.40. The Morgan fingerprint density at radius 3 is 1.84 bits per heavy atom. The Labute approximate surface area is 120 Å². The second-order valence-electron chi connectivity index (χ2n) is 4.49. The molecule has 0 aliphatic carbocycles. The fourth-order valence-corrected chi connectivity index (χ4v) is 2.58. The normalized spacial score (nSPS) is 10.9. The van der Waals surface area contributed by atoms with E-state index in [9.17, 15) is 8.78 Å². The van der Waals surface area contributed by atoms with E-state index in [2.05, 4.69) is 15.9 Å². The van der Waals surface area contributed by atoms with E-state index in [-0.39, 0.29) is 17.6 Å². The minimum Gasteiger partial charge on any atom is -0.207 e. The van der Waals surface area contributed by atoms with E-state index in [1.165, 1.54) is 24.3 Å². The lowest BCUT2D eigenvalue weighted by atomic mass is 9.87. The highest BCUT2D eigenvalue weighted by molar-refractivity contribution is 9.09. The van der Waals surface area contributed by atoms with Crippen molar-refractivity contribution in [1.82, 2.24) is 0 Å². The van der Waals surface area contributed by atoms with Gasteiger partial charge in [0.1, 0.15) is 11.6 Å². The molecule has 0 radical (unpaired) electrons. The number of hydrogen-bond donors (Lipinski definition) is 0. The van der Waals surface area contributed by atoms with Gasteiger partial charge in [-0.1, -0.05) is 40.2 Å². The van der Waals surface area contributed by atoms with E-state index >= 15 is 0 Å². The predicted molar refractivity (Wildman–Crippen MR) is 77.7 cm³/mol. The van der Waals surface area contributed by atoms with Crippen LogP contribution < -0.4 is 0 Å². The third-order valence-electron chi connectivity index (χ3n) is 3.13. The van der Waals surface area contributed by atoms with Gasteiger partial charge in [-0.25, -0.2) is 8.78 Å². The van der Waals surface area contributed by atoms with E-state index in [1.807, 2.05) is 12.1 Å². The predicted octanol–water partition coefficient (Wildman–Crippen LogP) is 5.27. The van der Waals surface area contributed by atoms with E-state index in [1.54, 1.807) is 12.1 Å². The molecule has 3 heteroatoms. The maximum Gasteiger partial charge on any atom is 0.123 e. The Kier molecular flexibility index (Phi) is 5.08. The van der Waals surface area contributed by atoms with E-state index in [0.717, 1.165) is 29.3 Å². The van der Waals surface area contributed by atoms with Crippen molar-refractivity contribution in [3.05, 3.63) is 71.3 Å². The zero-order valence-electron chi connectivity index (χ0n) is 10.5. The average molecular weight is 325 g/mol. The molecule has 0 atom stereocenters. The highest BCUT2D eigenvalue weighted by Gasteiger charge is 2.15. The molecule has 0 heterocycles. The monoisotopic (exact) mass is 324 g/mol. The summed E-state index contributed by atoms with van der Waals surface area (Å²) in [6, 6.07) is 13.1. The van der Waals surface area contributed by atoms with Gasteiger partial charge in [0.05, 0.1) is 0 Å². The van der Waals surface area contributed by atoms with Crippen LogP contribution >= 0.6 is 15.9 Å². The molecule has 2 rings (SSSR count). The number of rotatable bonds is 5. The van der Waals surface area contributed by atoms with Crippen molar-refractivity contribution in [3.63, 3.8) is 0 Å². The molecule has 0 amide bonds. The van der Waals surface area contributed by atoms with Gasteiger partial charge >= 0.3 is 0 Å². The fourth-order valence-electron chi connectivity index (χ4n) is 2.25. The van der Waals surface area contributed by atoms with Crippen LogP contribution in [0.25, 0.3) is 0 Å². The Balaban J connectivity index is 2.35. The van der Waals surface area contributed by atoms with Crippen LogP contribution in [0.15, 0.2) is 48.5 Å². The van der Waals surface area contributed by atoms with Crippen LogP contribution in [0.4, 0.5) is 8.78 Å². The van der Waals surface area contributed by atoms with E-state index < -0.39 is 0 Å². The lowest BCUT2D eigenvalue weighted by Crippen LogP contribution is -2.02. The molecule has 0 saturated carbocycles. The number of alkyl halides is 1. The van der Waals surface area contributed by atoms with Crippen molar-refractivity contribution in [2.45, 2.75) is 18.8 Å². The minimum atomic E-state index is -0.252. The van der Waals surface area contributed by atoms with Gasteiger partial charge in [0.2, 0.25) is 0 Å². The standard InChI is InChI=1S/C16H15BrF2/c17-9-3-8-16(12-4-1-6-14(18)10-12)13-5-2-7-15(19)11-13/h1-2,4-7,10-11,16H,3,8-9H2. The SMILES string of the molecule is Fc1cccc(C(CCCBr)c2cccc(F)c2)c1. The maximum atomic E-state index is 13.4. The Bertz CT molecular complexity index is 494. The van der Waals surface area contributed by atoms with Crippen molar-refractivity contribution in [2.24, 2.45) is 0 Å². The fraction of sp³-hybridized carbons (Fsp3) is 0.250. The van der Waals surface area contributed by atoms with Gasteiger partial charge in [-0.15, -0.1) is 0 Å².